The van der Waals surface area contributed by atoms with Gasteiger partial charge < -0.3 is 9.64 Å². The molecule has 2 aliphatic heterocycles. The van der Waals surface area contributed by atoms with Crippen LogP contribution in [0.25, 0.3) is 10.8 Å². The van der Waals surface area contributed by atoms with Crippen molar-refractivity contribution in [1.29, 1.82) is 0 Å². The SMILES string of the molecule is CCCCCCCCCCCCN1c2ccccc2C(C)(C)C12Oc1ccc3ccncc3c1N=C2C. The minimum absolute atomic E-state index is 0.253. The molecule has 1 unspecified atom stereocenters. The third-order valence-electron chi connectivity index (χ3n) is 8.62. The van der Waals surface area contributed by atoms with Crippen LogP contribution < -0.4 is 9.64 Å². The van der Waals surface area contributed by atoms with Crippen molar-refractivity contribution < 1.29 is 4.74 Å². The fourth-order valence-electron chi connectivity index (χ4n) is 6.59. The summed E-state index contributed by atoms with van der Waals surface area (Å²) in [4.78, 5) is 12.1. The minimum atomic E-state index is -0.640. The minimum Gasteiger partial charge on any atom is -0.459 e. The summed E-state index contributed by atoms with van der Waals surface area (Å²) in [5.41, 5.74) is 3.64. The number of ether oxygens (including phenoxy) is 1. The Balaban J connectivity index is 1.36. The van der Waals surface area contributed by atoms with E-state index in [4.69, 9.17) is 9.73 Å². The van der Waals surface area contributed by atoms with Crippen molar-refractivity contribution in [3.63, 3.8) is 0 Å². The quantitative estimate of drug-likeness (QED) is 0.248. The smallest absolute Gasteiger partial charge is 0.231 e. The maximum Gasteiger partial charge on any atom is 0.231 e. The maximum atomic E-state index is 7.12. The Kier molecular flexibility index (Phi) is 7.55. The monoisotopic (exact) mass is 497 g/mol. The molecule has 2 aromatic carbocycles. The van der Waals surface area contributed by atoms with E-state index in [1.54, 1.807) is 0 Å². The van der Waals surface area contributed by atoms with Gasteiger partial charge in [0.2, 0.25) is 5.72 Å². The van der Waals surface area contributed by atoms with Gasteiger partial charge in [-0.2, -0.15) is 0 Å². The highest BCUT2D eigenvalue weighted by atomic mass is 16.5. The average Bonchev–Trinajstić information content (AvgIpc) is 3.09. The van der Waals surface area contributed by atoms with Crippen molar-refractivity contribution in [3.05, 3.63) is 60.4 Å². The fraction of sp³-hybridized carbons (Fsp3) is 0.515. The molecular formula is C33H43N3O. The first-order chi connectivity index (χ1) is 18.0. The Bertz CT molecular complexity index is 1260. The molecule has 1 aromatic heterocycles. The van der Waals surface area contributed by atoms with Gasteiger partial charge in [0.05, 0.1) is 11.1 Å². The van der Waals surface area contributed by atoms with E-state index in [-0.39, 0.29) is 5.41 Å². The van der Waals surface area contributed by atoms with Gasteiger partial charge in [0.15, 0.2) is 0 Å². The van der Waals surface area contributed by atoms with E-state index in [0.29, 0.717) is 0 Å². The summed E-state index contributed by atoms with van der Waals surface area (Å²) in [7, 11) is 0. The normalized spacial score (nSPS) is 19.6. The number of aliphatic imine (C=N–C) groups is 1. The number of para-hydroxylation sites is 1. The van der Waals surface area contributed by atoms with Gasteiger partial charge in [-0.1, -0.05) is 89.0 Å². The Morgan fingerprint density at radius 1 is 0.838 bits per heavy atom. The second-order valence-corrected chi connectivity index (χ2v) is 11.4. The van der Waals surface area contributed by atoms with Crippen LogP contribution in [-0.2, 0) is 5.41 Å². The third kappa shape index (κ3) is 4.53. The fourth-order valence-corrected chi connectivity index (χ4v) is 6.59. The van der Waals surface area contributed by atoms with Gasteiger partial charge in [0.1, 0.15) is 11.4 Å². The van der Waals surface area contributed by atoms with Gasteiger partial charge in [-0.3, -0.25) is 4.98 Å². The van der Waals surface area contributed by atoms with Crippen LogP contribution in [-0.4, -0.2) is 23.0 Å². The molecule has 0 saturated carbocycles. The number of benzene rings is 2. The number of pyridine rings is 1. The van der Waals surface area contributed by atoms with Crippen molar-refractivity contribution in [2.75, 3.05) is 11.4 Å². The Morgan fingerprint density at radius 3 is 2.30 bits per heavy atom. The molecule has 0 amide bonds. The van der Waals surface area contributed by atoms with Crippen LogP contribution in [0.2, 0.25) is 0 Å². The molecule has 1 atom stereocenters. The Hall–Kier alpha value is -2.88. The van der Waals surface area contributed by atoms with Crippen molar-refractivity contribution in [2.45, 2.75) is 103 Å². The van der Waals surface area contributed by atoms with E-state index in [1.807, 2.05) is 18.5 Å². The summed E-state index contributed by atoms with van der Waals surface area (Å²) in [5.74, 6) is 0.847. The highest BCUT2D eigenvalue weighted by Crippen LogP contribution is 2.56. The summed E-state index contributed by atoms with van der Waals surface area (Å²) >= 11 is 0. The first-order valence-corrected chi connectivity index (χ1v) is 14.5. The second-order valence-electron chi connectivity index (χ2n) is 11.4. The van der Waals surface area contributed by atoms with Gasteiger partial charge in [-0.15, -0.1) is 0 Å². The van der Waals surface area contributed by atoms with Gasteiger partial charge in [0.25, 0.3) is 0 Å². The number of hydrogen-bond donors (Lipinski definition) is 0. The molecule has 0 aliphatic carbocycles. The van der Waals surface area contributed by atoms with Crippen molar-refractivity contribution in [3.8, 4) is 5.75 Å². The molecule has 3 aromatic rings. The molecule has 1 spiro atoms. The summed E-state index contributed by atoms with van der Waals surface area (Å²) in [6.45, 7) is 10.0. The van der Waals surface area contributed by atoms with Crippen LogP contribution in [0.5, 0.6) is 5.75 Å². The molecular weight excluding hydrogens is 454 g/mol. The molecule has 0 bridgehead atoms. The Labute approximate surface area is 223 Å². The molecule has 196 valence electrons. The number of anilines is 1. The first kappa shape index (κ1) is 25.8. The molecule has 2 aliphatic rings. The second kappa shape index (κ2) is 10.8. The number of aromatic nitrogens is 1. The van der Waals surface area contributed by atoms with Crippen molar-refractivity contribution in [2.24, 2.45) is 4.99 Å². The molecule has 5 rings (SSSR count). The third-order valence-corrected chi connectivity index (χ3v) is 8.62. The largest absolute Gasteiger partial charge is 0.459 e. The number of fused-ring (bicyclic) bond motifs is 4. The maximum absolute atomic E-state index is 7.12. The standard InChI is InChI=1S/C33H43N3O/c1-5-6-7-8-9-10-11-12-13-16-23-36-29-18-15-14-17-28(29)32(3,4)33(36)25(2)35-31-27-24-34-22-21-26(27)19-20-30(31)37-33/h14-15,17-22,24H,5-13,16,23H2,1-4H3. The first-order valence-electron chi connectivity index (χ1n) is 14.5. The van der Waals surface area contributed by atoms with Gasteiger partial charge in [-0.05, 0) is 56.3 Å². The molecule has 0 N–H and O–H groups in total. The van der Waals surface area contributed by atoms with Crippen LogP contribution in [0.1, 0.15) is 97.5 Å². The van der Waals surface area contributed by atoms with E-state index in [2.05, 4.69) is 74.0 Å². The Morgan fingerprint density at radius 2 is 1.54 bits per heavy atom. The summed E-state index contributed by atoms with van der Waals surface area (Å²) < 4.78 is 7.12. The van der Waals surface area contributed by atoms with Crippen LogP contribution in [0.15, 0.2) is 59.9 Å². The van der Waals surface area contributed by atoms with Crippen LogP contribution in [0.4, 0.5) is 11.4 Å². The highest BCUT2D eigenvalue weighted by Gasteiger charge is 2.62. The number of hydrogen-bond acceptors (Lipinski definition) is 4. The van der Waals surface area contributed by atoms with Gasteiger partial charge in [0, 0.05) is 30.0 Å². The lowest BCUT2D eigenvalue weighted by molar-refractivity contribution is 0.0717. The van der Waals surface area contributed by atoms with E-state index < -0.39 is 5.72 Å². The number of rotatable bonds is 11. The van der Waals surface area contributed by atoms with Crippen molar-refractivity contribution in [1.82, 2.24) is 4.98 Å². The van der Waals surface area contributed by atoms with E-state index >= 15 is 0 Å². The summed E-state index contributed by atoms with van der Waals surface area (Å²) in [6, 6.07) is 15.1. The van der Waals surface area contributed by atoms with E-state index in [0.717, 1.165) is 40.9 Å². The summed E-state index contributed by atoms with van der Waals surface area (Å²) in [6.07, 6.45) is 17.1. The van der Waals surface area contributed by atoms with Crippen LogP contribution >= 0.6 is 0 Å². The molecule has 0 fully saturated rings. The number of nitrogens with zero attached hydrogens (tertiary/aromatic N) is 3. The molecule has 4 nitrogen and oxygen atoms in total. The molecule has 4 heteroatoms. The van der Waals surface area contributed by atoms with E-state index in [9.17, 15) is 0 Å². The predicted molar refractivity (Wildman–Crippen MR) is 157 cm³/mol. The molecule has 0 radical (unpaired) electrons. The van der Waals surface area contributed by atoms with Crippen LogP contribution in [0, 0.1) is 0 Å². The predicted octanol–water partition coefficient (Wildman–Crippen LogP) is 9.13. The lowest BCUT2D eigenvalue weighted by atomic mass is 9.75. The number of unbranched alkanes of at least 4 members (excludes halogenated alkanes) is 9. The lowest BCUT2D eigenvalue weighted by Crippen LogP contribution is -2.65. The zero-order chi connectivity index (χ0) is 25.9. The lowest BCUT2D eigenvalue weighted by Gasteiger charge is -2.49. The average molecular weight is 498 g/mol. The van der Waals surface area contributed by atoms with Crippen LogP contribution in [0.3, 0.4) is 0 Å². The van der Waals surface area contributed by atoms with Crippen molar-refractivity contribution >= 4 is 27.9 Å². The molecule has 3 heterocycles. The zero-order valence-corrected chi connectivity index (χ0v) is 23.2. The summed E-state index contributed by atoms with van der Waals surface area (Å²) in [5, 5.41) is 2.18. The molecule has 37 heavy (non-hydrogen) atoms. The zero-order valence-electron chi connectivity index (χ0n) is 23.2. The van der Waals surface area contributed by atoms with E-state index in [1.165, 1.54) is 69.0 Å². The van der Waals surface area contributed by atoms with Gasteiger partial charge in [-0.25, -0.2) is 4.99 Å². The topological polar surface area (TPSA) is 37.7 Å². The van der Waals surface area contributed by atoms with Gasteiger partial charge >= 0.3 is 0 Å². The highest BCUT2D eigenvalue weighted by molar-refractivity contribution is 6.05. The molecule has 0 saturated heterocycles.